The van der Waals surface area contributed by atoms with E-state index < -0.39 is 10.8 Å². The number of amides is 1. The van der Waals surface area contributed by atoms with Gasteiger partial charge in [-0.15, -0.1) is 0 Å². The maximum absolute atomic E-state index is 13.0. The molecular formula is C16H13FN2O3. The second-order valence-electron chi connectivity index (χ2n) is 4.60. The van der Waals surface area contributed by atoms with Crippen LogP contribution in [0.25, 0.3) is 6.08 Å². The third-order valence-corrected chi connectivity index (χ3v) is 2.99. The summed E-state index contributed by atoms with van der Waals surface area (Å²) in [5.41, 5.74) is 1.33. The first-order valence-electron chi connectivity index (χ1n) is 6.46. The van der Waals surface area contributed by atoms with Crippen molar-refractivity contribution in [2.75, 3.05) is 5.32 Å². The van der Waals surface area contributed by atoms with E-state index in [1.807, 2.05) is 0 Å². The van der Waals surface area contributed by atoms with Crippen molar-refractivity contribution in [2.45, 2.75) is 6.92 Å². The third kappa shape index (κ3) is 3.76. The lowest BCUT2D eigenvalue weighted by Crippen LogP contribution is -2.09. The van der Waals surface area contributed by atoms with Crippen LogP contribution in [0.15, 0.2) is 48.5 Å². The molecule has 1 N–H and O–H groups in total. The SMILES string of the molecule is Cc1cc(F)ccc1NC(=O)/C=C/c1ccccc1[N+](=O)[O-]. The van der Waals surface area contributed by atoms with Gasteiger partial charge < -0.3 is 5.32 Å². The smallest absolute Gasteiger partial charge is 0.276 e. The number of carbonyl (C=O) groups is 1. The summed E-state index contributed by atoms with van der Waals surface area (Å²) in [5, 5.41) is 13.5. The van der Waals surface area contributed by atoms with Gasteiger partial charge in [-0.1, -0.05) is 12.1 Å². The van der Waals surface area contributed by atoms with Crippen molar-refractivity contribution in [3.8, 4) is 0 Å². The number of carbonyl (C=O) groups excluding carboxylic acids is 1. The Morgan fingerprint density at radius 3 is 2.68 bits per heavy atom. The van der Waals surface area contributed by atoms with E-state index in [2.05, 4.69) is 5.32 Å². The molecule has 0 bridgehead atoms. The van der Waals surface area contributed by atoms with Gasteiger partial charge in [0.15, 0.2) is 0 Å². The number of nitrogens with zero attached hydrogens (tertiary/aromatic N) is 1. The van der Waals surface area contributed by atoms with E-state index in [9.17, 15) is 19.3 Å². The molecule has 0 atom stereocenters. The van der Waals surface area contributed by atoms with E-state index in [4.69, 9.17) is 0 Å². The fourth-order valence-corrected chi connectivity index (χ4v) is 1.90. The quantitative estimate of drug-likeness (QED) is 0.531. The van der Waals surface area contributed by atoms with Crippen LogP contribution < -0.4 is 5.32 Å². The van der Waals surface area contributed by atoms with Crippen LogP contribution >= 0.6 is 0 Å². The largest absolute Gasteiger partial charge is 0.322 e. The molecule has 5 nitrogen and oxygen atoms in total. The van der Waals surface area contributed by atoms with E-state index in [0.29, 0.717) is 16.8 Å². The van der Waals surface area contributed by atoms with Crippen LogP contribution in [0.1, 0.15) is 11.1 Å². The van der Waals surface area contributed by atoms with Crippen LogP contribution in [-0.2, 0) is 4.79 Å². The Morgan fingerprint density at radius 2 is 2.00 bits per heavy atom. The zero-order chi connectivity index (χ0) is 16.1. The molecule has 0 radical (unpaired) electrons. The van der Waals surface area contributed by atoms with Crippen molar-refractivity contribution in [1.82, 2.24) is 0 Å². The summed E-state index contributed by atoms with van der Waals surface area (Å²) in [6.07, 6.45) is 2.57. The molecule has 2 aromatic carbocycles. The van der Waals surface area contributed by atoms with Gasteiger partial charge in [-0.05, 0) is 42.8 Å². The Labute approximate surface area is 126 Å². The van der Waals surface area contributed by atoms with Crippen LogP contribution in [0.3, 0.4) is 0 Å². The van der Waals surface area contributed by atoms with Crippen molar-refractivity contribution >= 4 is 23.4 Å². The van der Waals surface area contributed by atoms with Gasteiger partial charge in [0.2, 0.25) is 5.91 Å². The maximum Gasteiger partial charge on any atom is 0.276 e. The number of hydrogen-bond donors (Lipinski definition) is 1. The number of hydrogen-bond acceptors (Lipinski definition) is 3. The summed E-state index contributed by atoms with van der Waals surface area (Å²) in [7, 11) is 0. The monoisotopic (exact) mass is 300 g/mol. The minimum atomic E-state index is -0.512. The van der Waals surface area contributed by atoms with Crippen molar-refractivity contribution in [1.29, 1.82) is 0 Å². The van der Waals surface area contributed by atoms with Crippen LogP contribution in [0.5, 0.6) is 0 Å². The Kier molecular flexibility index (Phi) is 4.63. The Hall–Kier alpha value is -3.02. The molecule has 0 aliphatic heterocycles. The number of nitrogens with one attached hydrogen (secondary N) is 1. The average molecular weight is 300 g/mol. The first kappa shape index (κ1) is 15.4. The van der Waals surface area contributed by atoms with Crippen molar-refractivity contribution in [2.24, 2.45) is 0 Å². The molecule has 6 heteroatoms. The summed E-state index contributed by atoms with van der Waals surface area (Å²) < 4.78 is 13.0. The highest BCUT2D eigenvalue weighted by atomic mass is 19.1. The lowest BCUT2D eigenvalue weighted by Gasteiger charge is -2.06. The van der Waals surface area contributed by atoms with Crippen LogP contribution in [0.2, 0.25) is 0 Å². The van der Waals surface area contributed by atoms with Crippen molar-refractivity contribution in [3.05, 3.63) is 75.6 Å². The maximum atomic E-state index is 13.0. The minimum Gasteiger partial charge on any atom is -0.322 e. The van der Waals surface area contributed by atoms with Gasteiger partial charge >= 0.3 is 0 Å². The standard InChI is InChI=1S/C16H13FN2O3/c1-11-10-13(17)7-8-14(11)18-16(20)9-6-12-4-2-3-5-15(12)19(21)22/h2-10H,1H3,(H,18,20)/b9-6+. The van der Waals surface area contributed by atoms with Gasteiger partial charge in [0.1, 0.15) is 5.82 Å². The third-order valence-electron chi connectivity index (χ3n) is 2.99. The molecule has 0 aromatic heterocycles. The van der Waals surface area contributed by atoms with Crippen molar-refractivity contribution < 1.29 is 14.1 Å². The number of halogens is 1. The lowest BCUT2D eigenvalue weighted by atomic mass is 10.1. The van der Waals surface area contributed by atoms with Gasteiger partial charge in [0, 0.05) is 17.8 Å². The van der Waals surface area contributed by atoms with Gasteiger partial charge in [-0.2, -0.15) is 0 Å². The van der Waals surface area contributed by atoms with E-state index in [1.54, 1.807) is 25.1 Å². The molecule has 112 valence electrons. The molecule has 22 heavy (non-hydrogen) atoms. The second-order valence-corrected chi connectivity index (χ2v) is 4.60. The zero-order valence-corrected chi connectivity index (χ0v) is 11.7. The highest BCUT2D eigenvalue weighted by molar-refractivity contribution is 6.02. The number of aryl methyl sites for hydroxylation is 1. The first-order chi connectivity index (χ1) is 10.5. The van der Waals surface area contributed by atoms with Gasteiger partial charge in [-0.3, -0.25) is 14.9 Å². The highest BCUT2D eigenvalue weighted by Gasteiger charge is 2.10. The summed E-state index contributed by atoms with van der Waals surface area (Å²) in [6.45, 7) is 1.67. The molecule has 0 spiro atoms. The Balaban J connectivity index is 2.14. The molecule has 0 saturated heterocycles. The topological polar surface area (TPSA) is 72.2 Å². The van der Waals surface area contributed by atoms with E-state index in [-0.39, 0.29) is 11.5 Å². The zero-order valence-electron chi connectivity index (χ0n) is 11.7. The van der Waals surface area contributed by atoms with Gasteiger partial charge in [0.25, 0.3) is 5.69 Å². The summed E-state index contributed by atoms with van der Waals surface area (Å²) >= 11 is 0. The molecule has 0 aliphatic rings. The molecule has 0 saturated carbocycles. The average Bonchev–Trinajstić information content (AvgIpc) is 2.48. The summed E-state index contributed by atoms with van der Waals surface area (Å²) in [5.74, 6) is -0.834. The molecule has 0 aliphatic carbocycles. The first-order valence-corrected chi connectivity index (χ1v) is 6.46. The molecule has 1 amide bonds. The van der Waals surface area contributed by atoms with Crippen LogP contribution in [0, 0.1) is 22.9 Å². The highest BCUT2D eigenvalue weighted by Crippen LogP contribution is 2.19. The summed E-state index contributed by atoms with van der Waals surface area (Å²) in [6, 6.07) is 10.1. The molecule has 0 heterocycles. The molecule has 2 aromatic rings. The fourth-order valence-electron chi connectivity index (χ4n) is 1.90. The normalized spacial score (nSPS) is 10.6. The fraction of sp³-hybridized carbons (Fsp3) is 0.0625. The van der Waals surface area contributed by atoms with Gasteiger partial charge in [-0.25, -0.2) is 4.39 Å². The number of rotatable bonds is 4. The Morgan fingerprint density at radius 1 is 1.27 bits per heavy atom. The lowest BCUT2D eigenvalue weighted by molar-refractivity contribution is -0.385. The number of nitro groups is 1. The number of anilines is 1. The van der Waals surface area contributed by atoms with Crippen LogP contribution in [-0.4, -0.2) is 10.8 Å². The predicted molar refractivity (Wildman–Crippen MR) is 81.9 cm³/mol. The van der Waals surface area contributed by atoms with Gasteiger partial charge in [0.05, 0.1) is 10.5 Å². The molecular weight excluding hydrogens is 287 g/mol. The van der Waals surface area contributed by atoms with Crippen LogP contribution in [0.4, 0.5) is 15.8 Å². The molecule has 0 unspecified atom stereocenters. The molecule has 0 fully saturated rings. The van der Waals surface area contributed by atoms with E-state index >= 15 is 0 Å². The summed E-state index contributed by atoms with van der Waals surface area (Å²) in [4.78, 5) is 22.2. The predicted octanol–water partition coefficient (Wildman–Crippen LogP) is 3.69. The number of nitro benzene ring substituents is 1. The van der Waals surface area contributed by atoms with E-state index in [0.717, 1.165) is 0 Å². The Bertz CT molecular complexity index is 757. The second kappa shape index (κ2) is 6.62. The number of benzene rings is 2. The van der Waals surface area contributed by atoms with Crippen molar-refractivity contribution in [3.63, 3.8) is 0 Å². The van der Waals surface area contributed by atoms with E-state index in [1.165, 1.54) is 36.4 Å². The number of para-hydroxylation sites is 1. The minimum absolute atomic E-state index is 0.0792. The molecule has 2 rings (SSSR count).